The van der Waals surface area contributed by atoms with Crippen LogP contribution in [0, 0.1) is 0 Å². The van der Waals surface area contributed by atoms with Crippen molar-refractivity contribution in [3.63, 3.8) is 0 Å². The van der Waals surface area contributed by atoms with Gasteiger partial charge in [-0.2, -0.15) is 0 Å². The number of carboxylic acid groups (broad SMARTS) is 1. The van der Waals surface area contributed by atoms with Crippen LogP contribution < -0.4 is 4.74 Å². The first-order valence-corrected chi connectivity index (χ1v) is 18.6. The van der Waals surface area contributed by atoms with Crippen molar-refractivity contribution in [1.29, 1.82) is 0 Å². The molecule has 0 unspecified atom stereocenters. The topological polar surface area (TPSA) is 49.8 Å². The Balaban J connectivity index is 0.000000943. The normalized spacial score (nSPS) is 12.5. The van der Waals surface area contributed by atoms with Crippen LogP contribution in [0.3, 0.4) is 0 Å². The van der Waals surface area contributed by atoms with Gasteiger partial charge in [0.05, 0.1) is 0 Å². The number of carbonyl (C=O) groups is 1. The number of ether oxygens (including phenoxy) is 1. The third-order valence-corrected chi connectivity index (χ3v) is 9.83. The van der Waals surface area contributed by atoms with Gasteiger partial charge in [-0.25, -0.2) is 0 Å². The minimum atomic E-state index is -0.745. The fourth-order valence-electron chi connectivity index (χ4n) is 6.62. The number of hydrogen-bond donors (Lipinski definition) is 1. The van der Waals surface area contributed by atoms with Crippen LogP contribution in [0.2, 0.25) is 0 Å². The Kier molecular flexibility index (Phi) is 14.7. The van der Waals surface area contributed by atoms with Gasteiger partial charge in [0.15, 0.2) is 0 Å². The second kappa shape index (κ2) is 20.1. The molecule has 1 fully saturated rings. The van der Waals surface area contributed by atoms with Crippen LogP contribution in [0.5, 0.6) is 5.75 Å². The molecule has 1 aliphatic carbocycles. The standard InChI is InChI=1S/C44H47NO.C3H6O2/c1-35(38-25-27-43(28-26-38)46-34-37-14-5-2-6-15-37)33-45(30-13-17-36-16-11-24-42(32-36)39-22-12-23-39)31-29-44(40-18-7-3-8-19-40)41-20-9-4-10-21-41;1-2-3(4)5/h2-11,14-16,18-21,24-28,32,39,44H,1,12-13,17,22-23,29-31,33-34H2;2H2,1H3,(H,4,5). The summed E-state index contributed by atoms with van der Waals surface area (Å²) in [4.78, 5) is 12.0. The molecule has 51 heavy (non-hydrogen) atoms. The van der Waals surface area contributed by atoms with Crippen molar-refractivity contribution in [3.8, 4) is 5.75 Å². The summed E-state index contributed by atoms with van der Waals surface area (Å²) in [6.07, 6.45) is 7.61. The lowest BCUT2D eigenvalue weighted by Crippen LogP contribution is -2.29. The van der Waals surface area contributed by atoms with Crippen LogP contribution >= 0.6 is 0 Å². The maximum absolute atomic E-state index is 9.37. The van der Waals surface area contributed by atoms with Gasteiger partial charge in [-0.3, -0.25) is 9.69 Å². The van der Waals surface area contributed by atoms with Crippen LogP contribution in [0.25, 0.3) is 5.57 Å². The molecule has 1 N–H and O–H groups in total. The molecule has 0 aromatic heterocycles. The fourth-order valence-corrected chi connectivity index (χ4v) is 6.62. The molecule has 5 aromatic carbocycles. The molecule has 4 nitrogen and oxygen atoms in total. The summed E-state index contributed by atoms with van der Waals surface area (Å²) in [5, 5.41) is 7.72. The van der Waals surface area contributed by atoms with Crippen molar-refractivity contribution in [2.24, 2.45) is 0 Å². The SMILES string of the molecule is C=C(CN(CCCc1cccc(C2CCC2)c1)CCC(c1ccccc1)c1ccccc1)c1ccc(OCc2ccccc2)cc1.CCC(=O)O. The third-order valence-electron chi connectivity index (χ3n) is 9.83. The Morgan fingerprint density at radius 1 is 0.784 bits per heavy atom. The van der Waals surface area contributed by atoms with Gasteiger partial charge in [0.2, 0.25) is 0 Å². The number of carboxylic acids is 1. The second-order valence-electron chi connectivity index (χ2n) is 13.6. The first-order chi connectivity index (χ1) is 25.0. The quantitative estimate of drug-likeness (QED) is 0.106. The molecule has 4 heteroatoms. The first-order valence-electron chi connectivity index (χ1n) is 18.6. The molecule has 0 heterocycles. The van der Waals surface area contributed by atoms with E-state index < -0.39 is 5.97 Å². The van der Waals surface area contributed by atoms with E-state index in [1.165, 1.54) is 47.1 Å². The molecular formula is C47H53NO3. The van der Waals surface area contributed by atoms with Gasteiger partial charge in [-0.15, -0.1) is 0 Å². The average Bonchev–Trinajstić information content (AvgIpc) is 3.15. The van der Waals surface area contributed by atoms with Crippen molar-refractivity contribution in [2.75, 3.05) is 19.6 Å². The Morgan fingerprint density at radius 2 is 1.37 bits per heavy atom. The van der Waals surface area contributed by atoms with Gasteiger partial charge in [-0.1, -0.05) is 147 Å². The van der Waals surface area contributed by atoms with Gasteiger partial charge in [0.1, 0.15) is 12.4 Å². The highest BCUT2D eigenvalue weighted by molar-refractivity contribution is 5.66. The lowest BCUT2D eigenvalue weighted by atomic mass is 9.79. The Bertz CT molecular complexity index is 1710. The molecule has 0 aliphatic heterocycles. The number of benzene rings is 5. The largest absolute Gasteiger partial charge is 0.489 e. The molecule has 5 aromatic rings. The molecule has 0 amide bonds. The fraction of sp³-hybridized carbons (Fsp3) is 0.298. The van der Waals surface area contributed by atoms with E-state index in [1.54, 1.807) is 12.5 Å². The molecule has 0 saturated heterocycles. The number of aliphatic carboxylic acids is 1. The maximum Gasteiger partial charge on any atom is 0.303 e. The highest BCUT2D eigenvalue weighted by Gasteiger charge is 2.20. The summed E-state index contributed by atoms with van der Waals surface area (Å²) < 4.78 is 6.05. The van der Waals surface area contributed by atoms with Crippen molar-refractivity contribution < 1.29 is 14.6 Å². The van der Waals surface area contributed by atoms with E-state index in [0.717, 1.165) is 56.1 Å². The molecule has 1 aliphatic rings. The smallest absolute Gasteiger partial charge is 0.303 e. The van der Waals surface area contributed by atoms with E-state index in [9.17, 15) is 4.79 Å². The second-order valence-corrected chi connectivity index (χ2v) is 13.6. The summed E-state index contributed by atoms with van der Waals surface area (Å²) in [7, 11) is 0. The highest BCUT2D eigenvalue weighted by atomic mass is 16.5. The van der Waals surface area contributed by atoms with Crippen LogP contribution in [-0.4, -0.2) is 35.6 Å². The molecule has 6 rings (SSSR count). The zero-order chi connectivity index (χ0) is 35.7. The van der Waals surface area contributed by atoms with E-state index in [2.05, 4.69) is 133 Å². The first kappa shape index (κ1) is 37.3. The van der Waals surface area contributed by atoms with Gasteiger partial charge in [0, 0.05) is 18.9 Å². The van der Waals surface area contributed by atoms with E-state index in [4.69, 9.17) is 9.84 Å². The molecule has 0 bridgehead atoms. The van der Waals surface area contributed by atoms with E-state index in [0.29, 0.717) is 12.5 Å². The number of hydrogen-bond acceptors (Lipinski definition) is 3. The third kappa shape index (κ3) is 12.1. The van der Waals surface area contributed by atoms with Crippen LogP contribution in [0.4, 0.5) is 0 Å². The van der Waals surface area contributed by atoms with Crippen molar-refractivity contribution in [1.82, 2.24) is 4.90 Å². The monoisotopic (exact) mass is 679 g/mol. The van der Waals surface area contributed by atoms with Crippen LogP contribution in [0.15, 0.2) is 146 Å². The minimum Gasteiger partial charge on any atom is -0.489 e. The van der Waals surface area contributed by atoms with E-state index in [1.807, 2.05) is 18.2 Å². The average molecular weight is 680 g/mol. The number of nitrogens with zero attached hydrogens (tertiary/aromatic N) is 1. The van der Waals surface area contributed by atoms with Crippen LogP contribution in [0.1, 0.15) is 90.7 Å². The van der Waals surface area contributed by atoms with Crippen LogP contribution in [-0.2, 0) is 17.8 Å². The Labute approximate surface area is 305 Å². The highest BCUT2D eigenvalue weighted by Crippen LogP contribution is 2.36. The molecule has 264 valence electrons. The summed E-state index contributed by atoms with van der Waals surface area (Å²) in [6.45, 7) is 9.63. The lowest BCUT2D eigenvalue weighted by Gasteiger charge is -2.27. The maximum atomic E-state index is 9.37. The summed E-state index contributed by atoms with van der Waals surface area (Å²) in [5.41, 5.74) is 9.27. The molecular weight excluding hydrogens is 627 g/mol. The number of rotatable bonds is 17. The molecule has 1 saturated carbocycles. The van der Waals surface area contributed by atoms with Crippen molar-refractivity contribution in [2.45, 2.75) is 70.3 Å². The van der Waals surface area contributed by atoms with Gasteiger partial charge in [-0.05, 0) is 102 Å². The van der Waals surface area contributed by atoms with Gasteiger partial charge < -0.3 is 9.84 Å². The molecule has 0 radical (unpaired) electrons. The molecule has 0 spiro atoms. The Hall–Kier alpha value is -4.93. The van der Waals surface area contributed by atoms with Gasteiger partial charge >= 0.3 is 5.97 Å². The Morgan fingerprint density at radius 3 is 1.94 bits per heavy atom. The van der Waals surface area contributed by atoms with E-state index >= 15 is 0 Å². The zero-order valence-electron chi connectivity index (χ0n) is 30.1. The minimum absolute atomic E-state index is 0.222. The van der Waals surface area contributed by atoms with Gasteiger partial charge in [0.25, 0.3) is 0 Å². The lowest BCUT2D eigenvalue weighted by molar-refractivity contribution is -0.136. The zero-order valence-corrected chi connectivity index (χ0v) is 30.1. The summed E-state index contributed by atoms with van der Waals surface area (Å²) >= 11 is 0. The van der Waals surface area contributed by atoms with Crippen molar-refractivity contribution in [3.05, 3.63) is 179 Å². The summed E-state index contributed by atoms with van der Waals surface area (Å²) in [6, 6.07) is 50.1. The number of aryl methyl sites for hydroxylation is 1. The van der Waals surface area contributed by atoms with Crippen molar-refractivity contribution >= 4 is 11.5 Å². The predicted molar refractivity (Wildman–Crippen MR) is 211 cm³/mol. The summed E-state index contributed by atoms with van der Waals surface area (Å²) in [5.74, 6) is 1.28. The predicted octanol–water partition coefficient (Wildman–Crippen LogP) is 11.2. The molecule has 0 atom stereocenters. The van der Waals surface area contributed by atoms with E-state index in [-0.39, 0.29) is 6.42 Å².